The molecule has 2 nitrogen and oxygen atoms in total. The van der Waals surface area contributed by atoms with Crippen LogP contribution in [0.1, 0.15) is 101 Å². The molecule has 10 rings (SSSR count). The highest BCUT2D eigenvalue weighted by Crippen LogP contribution is 2.66. The van der Waals surface area contributed by atoms with Gasteiger partial charge in [-0.2, -0.15) is 0 Å². The van der Waals surface area contributed by atoms with E-state index in [1.54, 1.807) is 6.26 Å². The Morgan fingerprint density at radius 3 is 1.63 bits per heavy atom. The van der Waals surface area contributed by atoms with E-state index < -0.39 is 0 Å². The number of para-hydroxylation sites is 2. The number of anilines is 3. The molecule has 0 atom stereocenters. The summed E-state index contributed by atoms with van der Waals surface area (Å²) in [5.41, 5.74) is 21.4. The molecule has 0 bridgehead atoms. The molecule has 2 heteroatoms. The number of fused-ring (bicyclic) bond motifs is 2. The molecule has 0 spiro atoms. The predicted octanol–water partition coefficient (Wildman–Crippen LogP) is 12.2. The average Bonchev–Trinajstić information content (AvgIpc) is 3.33. The molecule has 4 aliphatic heterocycles. The Morgan fingerprint density at radius 1 is 0.551 bits per heavy atom. The van der Waals surface area contributed by atoms with Gasteiger partial charge in [-0.1, -0.05) is 134 Å². The lowest BCUT2D eigenvalue weighted by Gasteiger charge is -2.55. The summed E-state index contributed by atoms with van der Waals surface area (Å²) in [4.78, 5) is 2.65. The molecule has 0 saturated heterocycles. The Labute approximate surface area is 290 Å². The van der Waals surface area contributed by atoms with Gasteiger partial charge in [-0.05, 0) is 85.8 Å². The highest BCUT2D eigenvalue weighted by molar-refractivity contribution is 5.99. The van der Waals surface area contributed by atoms with Crippen LogP contribution in [0.25, 0.3) is 16.7 Å². The minimum atomic E-state index is -0.150. The van der Waals surface area contributed by atoms with Gasteiger partial charge in [0, 0.05) is 32.8 Å². The predicted molar refractivity (Wildman–Crippen MR) is 203 cm³/mol. The summed E-state index contributed by atoms with van der Waals surface area (Å²) in [5.74, 6) is 1.05. The fourth-order valence-corrected chi connectivity index (χ4v) is 10.1. The van der Waals surface area contributed by atoms with E-state index in [0.717, 1.165) is 12.2 Å². The smallest absolute Gasteiger partial charge is 0.134 e. The third-order valence-electron chi connectivity index (χ3n) is 13.0. The van der Waals surface area contributed by atoms with Crippen LogP contribution in [0, 0.1) is 5.41 Å². The first kappa shape index (κ1) is 29.1. The maximum atomic E-state index is 6.03. The SMILES string of the molecule is CC1(C)C2=CC(c3ccc(-c4cc5c6c(c4)C(C)(C)c4cccc7c4N6c4c(cccc4C5(C)C)C7(C)C)cc3)=CCC2=C2OC=CC=C21. The van der Waals surface area contributed by atoms with Crippen LogP contribution < -0.4 is 4.90 Å². The summed E-state index contributed by atoms with van der Waals surface area (Å²) in [6, 6.07) is 28.3. The normalized spacial score (nSPS) is 21.6. The molecule has 2 aliphatic carbocycles. The summed E-state index contributed by atoms with van der Waals surface area (Å²) in [7, 11) is 0. The van der Waals surface area contributed by atoms with Gasteiger partial charge in [-0.3, -0.25) is 0 Å². The van der Waals surface area contributed by atoms with E-state index in [-0.39, 0.29) is 21.7 Å². The first-order valence-corrected chi connectivity index (χ1v) is 17.9. The van der Waals surface area contributed by atoms with Crippen LogP contribution >= 0.6 is 0 Å². The number of allylic oxidation sites excluding steroid dienone is 8. The number of ether oxygens (including phenoxy) is 1. The summed E-state index contributed by atoms with van der Waals surface area (Å²) in [5, 5.41) is 0. The fourth-order valence-electron chi connectivity index (χ4n) is 10.1. The van der Waals surface area contributed by atoms with Crippen LogP contribution in [-0.2, 0) is 21.0 Å². The second kappa shape index (κ2) is 9.04. The lowest BCUT2D eigenvalue weighted by Crippen LogP contribution is -2.43. The molecule has 4 heterocycles. The van der Waals surface area contributed by atoms with Gasteiger partial charge in [-0.25, -0.2) is 0 Å². The van der Waals surface area contributed by atoms with Gasteiger partial charge >= 0.3 is 0 Å². The maximum absolute atomic E-state index is 6.03. The lowest BCUT2D eigenvalue weighted by molar-refractivity contribution is 0.344. The molecule has 242 valence electrons. The number of nitrogens with zero attached hydrogens (tertiary/aromatic N) is 1. The van der Waals surface area contributed by atoms with E-state index in [2.05, 4.69) is 151 Å². The van der Waals surface area contributed by atoms with Crippen LogP contribution in [0.2, 0.25) is 0 Å². The Kier molecular flexibility index (Phi) is 5.37. The van der Waals surface area contributed by atoms with Gasteiger partial charge in [0.1, 0.15) is 5.76 Å². The number of hydrogen-bond donors (Lipinski definition) is 0. The zero-order valence-corrected chi connectivity index (χ0v) is 29.9. The molecule has 0 N–H and O–H groups in total. The number of rotatable bonds is 2. The zero-order valence-electron chi connectivity index (χ0n) is 29.9. The molecule has 49 heavy (non-hydrogen) atoms. The molecule has 0 fully saturated rings. The van der Waals surface area contributed by atoms with Crippen LogP contribution in [0.3, 0.4) is 0 Å². The van der Waals surface area contributed by atoms with Crippen molar-refractivity contribution in [2.45, 2.75) is 78.1 Å². The molecule has 4 aromatic carbocycles. The van der Waals surface area contributed by atoms with Gasteiger partial charge < -0.3 is 9.64 Å². The highest BCUT2D eigenvalue weighted by atomic mass is 16.5. The summed E-state index contributed by atoms with van der Waals surface area (Å²) in [6.07, 6.45) is 11.7. The van der Waals surface area contributed by atoms with E-state index in [1.165, 1.54) is 89.4 Å². The van der Waals surface area contributed by atoms with Crippen LogP contribution in [-0.4, -0.2) is 0 Å². The number of hydrogen-bond acceptors (Lipinski definition) is 2. The molecule has 0 aromatic heterocycles. The van der Waals surface area contributed by atoms with Crippen LogP contribution in [0.5, 0.6) is 0 Å². The molecule has 0 amide bonds. The molecule has 0 saturated carbocycles. The largest absolute Gasteiger partial charge is 0.464 e. The summed E-state index contributed by atoms with van der Waals surface area (Å²) >= 11 is 0. The first-order chi connectivity index (χ1) is 23.3. The van der Waals surface area contributed by atoms with E-state index in [1.807, 2.05) is 6.08 Å². The van der Waals surface area contributed by atoms with Crippen LogP contribution in [0.4, 0.5) is 17.1 Å². The molecule has 0 unspecified atom stereocenters. The van der Waals surface area contributed by atoms with Crippen molar-refractivity contribution in [1.29, 1.82) is 0 Å². The third kappa shape index (κ3) is 3.47. The Morgan fingerprint density at radius 2 is 1.06 bits per heavy atom. The Bertz CT molecular complexity index is 2270. The lowest BCUT2D eigenvalue weighted by atomic mass is 9.60. The van der Waals surface area contributed by atoms with E-state index in [0.29, 0.717) is 0 Å². The minimum Gasteiger partial charge on any atom is -0.464 e. The van der Waals surface area contributed by atoms with E-state index in [9.17, 15) is 0 Å². The summed E-state index contributed by atoms with van der Waals surface area (Å²) < 4.78 is 6.03. The molecular weight excluding hydrogens is 595 g/mol. The summed E-state index contributed by atoms with van der Waals surface area (Å²) in [6.45, 7) is 19.2. The second-order valence-corrected chi connectivity index (χ2v) is 17.0. The van der Waals surface area contributed by atoms with Crippen LogP contribution in [0.15, 0.2) is 126 Å². The van der Waals surface area contributed by atoms with Crippen molar-refractivity contribution in [2.24, 2.45) is 5.41 Å². The number of benzene rings is 4. The van der Waals surface area contributed by atoms with Gasteiger partial charge in [0.15, 0.2) is 0 Å². The second-order valence-electron chi connectivity index (χ2n) is 17.0. The van der Waals surface area contributed by atoms with Crippen molar-refractivity contribution >= 4 is 22.6 Å². The van der Waals surface area contributed by atoms with E-state index >= 15 is 0 Å². The minimum absolute atomic E-state index is 0.0676. The standard InChI is InChI=1S/C47H43NO/c1-44(2)32-12-9-14-34-40(32)48-41-33(44)13-10-15-35(41)46(5,6)39-26-30(25-38(42(39)48)45(34,3)4)28-19-17-27(18-20-28)29-21-22-31-37(24-29)47(7,8)36-16-11-23-49-43(31)36/h9-21,23-26H,22H2,1-8H3. The van der Waals surface area contributed by atoms with E-state index in [4.69, 9.17) is 4.74 Å². The van der Waals surface area contributed by atoms with Crippen molar-refractivity contribution in [3.63, 3.8) is 0 Å². The van der Waals surface area contributed by atoms with Gasteiger partial charge in [0.25, 0.3) is 0 Å². The first-order valence-electron chi connectivity index (χ1n) is 17.9. The molecule has 6 aliphatic rings. The molecule has 0 radical (unpaired) electrons. The monoisotopic (exact) mass is 637 g/mol. The van der Waals surface area contributed by atoms with Crippen molar-refractivity contribution in [2.75, 3.05) is 4.90 Å². The maximum Gasteiger partial charge on any atom is 0.134 e. The highest BCUT2D eigenvalue weighted by Gasteiger charge is 2.51. The van der Waals surface area contributed by atoms with Crippen molar-refractivity contribution in [3.05, 3.63) is 165 Å². The Hall–Kier alpha value is -4.82. The Balaban J connectivity index is 1.11. The van der Waals surface area contributed by atoms with Gasteiger partial charge in [0.2, 0.25) is 0 Å². The average molecular weight is 638 g/mol. The van der Waals surface area contributed by atoms with Gasteiger partial charge in [-0.15, -0.1) is 0 Å². The fraction of sp³-hybridized carbons (Fsp3) is 0.277. The topological polar surface area (TPSA) is 12.5 Å². The molecule has 4 aromatic rings. The quantitative estimate of drug-likeness (QED) is 0.217. The van der Waals surface area contributed by atoms with Crippen molar-refractivity contribution < 1.29 is 4.74 Å². The zero-order chi connectivity index (χ0) is 33.8. The third-order valence-corrected chi connectivity index (χ3v) is 13.0. The van der Waals surface area contributed by atoms with Crippen molar-refractivity contribution in [1.82, 2.24) is 0 Å². The molecular formula is C47H43NO. The van der Waals surface area contributed by atoms with Gasteiger partial charge in [0.05, 0.1) is 23.3 Å². The van der Waals surface area contributed by atoms with Crippen molar-refractivity contribution in [3.8, 4) is 11.1 Å².